The number of aromatic hydroxyl groups is 4. The van der Waals surface area contributed by atoms with Crippen molar-refractivity contribution < 1.29 is 68.0 Å². The smallest absolute Gasteiger partial charge is 0.408 e. The Bertz CT molecular complexity index is 2930. The van der Waals surface area contributed by atoms with Gasteiger partial charge in [0.15, 0.2) is 23.3 Å². The summed E-state index contributed by atoms with van der Waals surface area (Å²) in [5, 5.41) is 63.6. The fourth-order valence-electron chi connectivity index (χ4n) is 7.11. The molecule has 5 amide bonds. The van der Waals surface area contributed by atoms with E-state index in [9.17, 15) is 58.9 Å². The Morgan fingerprint density at radius 2 is 1.40 bits per heavy atom. The number of likely N-dealkylation sites (N-methyl/N-ethyl adjacent to an activating group) is 1. The Morgan fingerprint density at radius 3 is 1.99 bits per heavy atom. The molecule has 0 unspecified atom stereocenters. The number of nitro benzene ring substituents is 1. The molecule has 0 heterocycles. The number of benzene rings is 5. The van der Waals surface area contributed by atoms with Gasteiger partial charge in [-0.3, -0.25) is 29.3 Å². The highest BCUT2D eigenvalue weighted by Gasteiger charge is 2.38. The number of hydrogen-bond acceptors (Lipinski definition) is 14. The molecule has 0 saturated heterocycles. The molecule has 0 aliphatic rings. The molecule has 5 aromatic carbocycles. The van der Waals surface area contributed by atoms with Crippen molar-refractivity contribution in [3.63, 3.8) is 0 Å². The molecule has 0 aliphatic carbocycles. The molecule has 0 aromatic heterocycles. The Labute approximate surface area is 428 Å². The van der Waals surface area contributed by atoms with Crippen LogP contribution >= 0.6 is 39.1 Å². The number of amides is 5. The van der Waals surface area contributed by atoms with Crippen LogP contribution in [0.25, 0.3) is 11.1 Å². The summed E-state index contributed by atoms with van der Waals surface area (Å²) in [6.45, 7) is 5.86. The van der Waals surface area contributed by atoms with Gasteiger partial charge in [-0.15, -0.1) is 0 Å². The molecule has 4 atom stereocenters. The van der Waals surface area contributed by atoms with Gasteiger partial charge in [0, 0.05) is 36.5 Å². The third kappa shape index (κ3) is 13.6. The molecule has 0 bridgehead atoms. The van der Waals surface area contributed by atoms with Crippen molar-refractivity contribution in [1.29, 1.82) is 0 Å². The Balaban J connectivity index is 1.67. The average molecular weight is 1100 g/mol. The first-order valence-electron chi connectivity index (χ1n) is 21.2. The molecule has 5 rings (SSSR count). The van der Waals surface area contributed by atoms with E-state index in [1.54, 1.807) is 0 Å². The van der Waals surface area contributed by atoms with Crippen LogP contribution in [-0.4, -0.2) is 91.7 Å². The van der Waals surface area contributed by atoms with Crippen LogP contribution in [0.2, 0.25) is 10.0 Å². The number of phenols is 4. The van der Waals surface area contributed by atoms with Gasteiger partial charge in [-0.05, 0) is 119 Å². The van der Waals surface area contributed by atoms with Crippen LogP contribution < -0.4 is 21.3 Å². The number of alkyl carbamates (subject to hydrolysis) is 1. The summed E-state index contributed by atoms with van der Waals surface area (Å²) in [6.07, 6.45) is -1.78. The van der Waals surface area contributed by atoms with Crippen molar-refractivity contribution in [3.8, 4) is 34.1 Å². The molecule has 0 radical (unpaired) electrons. The van der Waals surface area contributed by atoms with Crippen LogP contribution in [0.5, 0.6) is 23.0 Å². The monoisotopic (exact) mass is 1100 g/mol. The number of halogens is 4. The number of nitrogens with zero attached hydrogens (tertiary/aromatic N) is 2. The highest BCUT2D eigenvalue weighted by Crippen LogP contribution is 2.42. The lowest BCUT2D eigenvalue weighted by atomic mass is 9.96. The number of nitrogens with one attached hydrogen (secondary N) is 4. The maximum Gasteiger partial charge on any atom is 0.408 e. The summed E-state index contributed by atoms with van der Waals surface area (Å²) < 4.78 is 25.4. The summed E-state index contributed by atoms with van der Waals surface area (Å²) in [5.41, 5.74) is -2.16. The minimum atomic E-state index is -1.98. The number of hydrogen-bond donors (Lipinski definition) is 8. The fraction of sp³-hybridized carbons (Fsp3) is 0.250. The molecular formula is C48H46BrCl2FN6O14. The van der Waals surface area contributed by atoms with Crippen molar-refractivity contribution >= 4 is 86.2 Å². The lowest BCUT2D eigenvalue weighted by molar-refractivity contribution is -0.387. The van der Waals surface area contributed by atoms with Crippen LogP contribution in [0.15, 0.2) is 89.4 Å². The Kier molecular flexibility index (Phi) is 17.7. The largest absolute Gasteiger partial charge is 0.508 e. The topological polar surface area (TPSA) is 296 Å². The Hall–Kier alpha value is -7.69. The number of methoxy groups -OCH3 is 1. The number of ether oxygens (including phenoxy) is 2. The van der Waals surface area contributed by atoms with Gasteiger partial charge < -0.3 is 56.1 Å². The highest BCUT2D eigenvalue weighted by atomic mass is 79.9. The zero-order valence-electron chi connectivity index (χ0n) is 38.9. The van der Waals surface area contributed by atoms with E-state index in [0.717, 1.165) is 55.5 Å². The number of carbonyl (C=O) groups excluding carboxylic acids is 6. The summed E-state index contributed by atoms with van der Waals surface area (Å²) in [7, 11) is 2.12. The third-order valence-electron chi connectivity index (χ3n) is 10.6. The van der Waals surface area contributed by atoms with Crippen LogP contribution in [0.4, 0.5) is 20.6 Å². The van der Waals surface area contributed by atoms with Crippen molar-refractivity contribution in [3.05, 3.63) is 138 Å². The number of anilines is 1. The summed E-state index contributed by atoms with van der Waals surface area (Å²) in [6, 6.07) is 9.24. The zero-order valence-corrected chi connectivity index (χ0v) is 42.0. The van der Waals surface area contributed by atoms with Gasteiger partial charge in [0.05, 0.1) is 27.8 Å². The molecule has 0 fully saturated rings. The number of nitro groups is 1. The number of esters is 1. The zero-order chi connectivity index (χ0) is 53.5. The SMILES string of the molecule is COC(=O)[C@H](NC(=O)[C@H](Cc1ccc(F)c([N+](=O)[O-])c1)N(C)C(=O)[C@H](NC(=O)[C@H](NC(=O)OC(C)(C)C)c1cc(O)c(O)c(-c2ccc(Br)c(NC(C)=O)c2)c1)c1cc(Cl)c(O)c(Cl)c1)c1ccc(O)cc1. The van der Waals surface area contributed by atoms with Crippen molar-refractivity contribution in [2.75, 3.05) is 19.5 Å². The maximum absolute atomic E-state index is 15.2. The molecular weight excluding hydrogens is 1050 g/mol. The van der Waals surface area contributed by atoms with Crippen LogP contribution in [0.1, 0.15) is 68.1 Å². The first-order chi connectivity index (χ1) is 33.7. The van der Waals surface area contributed by atoms with Gasteiger partial charge in [-0.25, -0.2) is 9.59 Å². The minimum absolute atomic E-state index is 0.0574. The van der Waals surface area contributed by atoms with Gasteiger partial charge in [0.25, 0.3) is 0 Å². The van der Waals surface area contributed by atoms with E-state index in [-0.39, 0.29) is 44.8 Å². The molecule has 0 aliphatic heterocycles. The molecule has 0 saturated carbocycles. The molecule has 20 nitrogen and oxygen atoms in total. The van der Waals surface area contributed by atoms with E-state index in [2.05, 4.69) is 37.2 Å². The second-order valence-electron chi connectivity index (χ2n) is 16.9. The quantitative estimate of drug-likeness (QED) is 0.0203. The highest BCUT2D eigenvalue weighted by molar-refractivity contribution is 9.10. The molecule has 72 heavy (non-hydrogen) atoms. The van der Waals surface area contributed by atoms with Crippen molar-refractivity contribution in [2.24, 2.45) is 0 Å². The van der Waals surface area contributed by atoms with E-state index in [1.165, 1.54) is 76.2 Å². The summed E-state index contributed by atoms with van der Waals surface area (Å²) in [5.74, 6) is -8.41. The normalized spacial score (nSPS) is 12.8. The summed E-state index contributed by atoms with van der Waals surface area (Å²) >= 11 is 16.0. The van der Waals surface area contributed by atoms with Crippen molar-refractivity contribution in [1.82, 2.24) is 20.9 Å². The van der Waals surface area contributed by atoms with E-state index in [4.69, 9.17) is 32.7 Å². The predicted molar refractivity (Wildman–Crippen MR) is 263 cm³/mol. The van der Waals surface area contributed by atoms with Crippen LogP contribution in [0.3, 0.4) is 0 Å². The van der Waals surface area contributed by atoms with E-state index < -0.39 is 116 Å². The number of carbonyl (C=O) groups is 6. The average Bonchev–Trinajstić information content (AvgIpc) is 3.30. The van der Waals surface area contributed by atoms with Gasteiger partial charge in [-0.1, -0.05) is 47.5 Å². The standard InChI is InChI=1S/C48H46BrCl2FN6O14/c1-22(59)53-34-20-25(10-13-30(34)49)29-17-26(21-37(61)41(29)62)38(56-47(68)72-48(2,3)4)44(65)54-39(27-18-31(50)42(63)32(51)19-27)45(66)57(5)36(16-23-7-14-33(52)35(15-23)58(69)70)43(64)55-40(46(67)71-6)24-8-11-28(60)12-9-24/h7-15,17-21,36,38-40,60-63H,16H2,1-6H3,(H,53,59)(H,54,65)(H,55,64)(H,56,68)/t36-,38+,39+,40+/m0/s1. The molecule has 0 spiro atoms. The minimum Gasteiger partial charge on any atom is -0.508 e. The first kappa shape index (κ1) is 55.2. The lowest BCUT2D eigenvalue weighted by Gasteiger charge is -2.33. The van der Waals surface area contributed by atoms with Crippen LogP contribution in [0, 0.1) is 15.9 Å². The van der Waals surface area contributed by atoms with Gasteiger partial charge in [0.2, 0.25) is 29.4 Å². The maximum atomic E-state index is 15.2. The van der Waals surface area contributed by atoms with Crippen LogP contribution in [-0.2, 0) is 39.9 Å². The predicted octanol–water partition coefficient (Wildman–Crippen LogP) is 7.77. The molecule has 5 aromatic rings. The fourth-order valence-corrected chi connectivity index (χ4v) is 7.96. The van der Waals surface area contributed by atoms with E-state index in [1.807, 2.05) is 0 Å². The lowest BCUT2D eigenvalue weighted by Crippen LogP contribution is -2.54. The molecule has 8 N–H and O–H groups in total. The second kappa shape index (κ2) is 23.0. The van der Waals surface area contributed by atoms with Gasteiger partial charge in [0.1, 0.15) is 29.5 Å². The first-order valence-corrected chi connectivity index (χ1v) is 22.7. The molecule has 380 valence electrons. The van der Waals surface area contributed by atoms with Gasteiger partial charge in [-0.2, -0.15) is 4.39 Å². The summed E-state index contributed by atoms with van der Waals surface area (Å²) in [4.78, 5) is 94.8. The van der Waals surface area contributed by atoms with Gasteiger partial charge >= 0.3 is 17.7 Å². The third-order valence-corrected chi connectivity index (χ3v) is 11.8. The number of phenolic OH excluding ortho intramolecular Hbond substituents is 4. The van der Waals surface area contributed by atoms with E-state index >= 15 is 4.79 Å². The molecule has 24 heteroatoms. The second-order valence-corrected chi connectivity index (χ2v) is 18.6. The Morgan fingerprint density at radius 1 is 0.792 bits per heavy atom. The van der Waals surface area contributed by atoms with E-state index in [0.29, 0.717) is 4.47 Å². The van der Waals surface area contributed by atoms with Crippen molar-refractivity contribution in [2.45, 2.75) is 63.9 Å². The number of rotatable bonds is 16.